The second-order valence-electron chi connectivity index (χ2n) is 6.05. The van der Waals surface area contributed by atoms with Gasteiger partial charge in [-0.2, -0.15) is 0 Å². The van der Waals surface area contributed by atoms with Crippen molar-refractivity contribution in [3.8, 4) is 17.2 Å². The molecule has 0 amide bonds. The van der Waals surface area contributed by atoms with E-state index in [4.69, 9.17) is 4.74 Å². The lowest BCUT2D eigenvalue weighted by Gasteiger charge is -2.13. The van der Waals surface area contributed by atoms with Gasteiger partial charge >= 0.3 is 5.97 Å². The Morgan fingerprint density at radius 3 is 2.24 bits per heavy atom. The van der Waals surface area contributed by atoms with E-state index >= 15 is 0 Å². The third-order valence-corrected chi connectivity index (χ3v) is 4.01. The first kappa shape index (κ1) is 20.8. The summed E-state index contributed by atoms with van der Waals surface area (Å²) in [6.45, 7) is 3.98. The second kappa shape index (κ2) is 10.6. The predicted molar refractivity (Wildman–Crippen MR) is 94.1 cm³/mol. The van der Waals surface area contributed by atoms with Gasteiger partial charge in [0.05, 0.1) is 18.6 Å². The summed E-state index contributed by atoms with van der Waals surface area (Å²) in [5, 5.41) is 29.4. The number of phenolic OH excluding ortho intramolecular Hbond substituents is 3. The normalized spacial score (nSPS) is 10.6. The van der Waals surface area contributed by atoms with E-state index in [-0.39, 0.29) is 36.4 Å². The van der Waals surface area contributed by atoms with E-state index in [2.05, 4.69) is 6.92 Å². The third-order valence-electron chi connectivity index (χ3n) is 4.01. The van der Waals surface area contributed by atoms with Crippen LogP contribution in [0.1, 0.15) is 74.7 Å². The molecular weight excluding hydrogens is 324 g/mol. The van der Waals surface area contributed by atoms with E-state index in [0.717, 1.165) is 31.7 Å². The predicted octanol–water partition coefficient (Wildman–Crippen LogP) is 3.84. The highest BCUT2D eigenvalue weighted by molar-refractivity contribution is 6.02. The second-order valence-corrected chi connectivity index (χ2v) is 6.05. The van der Waals surface area contributed by atoms with Gasteiger partial charge in [-0.3, -0.25) is 9.59 Å². The molecule has 0 radical (unpaired) electrons. The van der Waals surface area contributed by atoms with Crippen LogP contribution in [0.5, 0.6) is 17.2 Å². The maximum Gasteiger partial charge on any atom is 0.310 e. The molecule has 1 aromatic carbocycles. The van der Waals surface area contributed by atoms with Gasteiger partial charge in [0, 0.05) is 6.42 Å². The van der Waals surface area contributed by atoms with Gasteiger partial charge in [-0.05, 0) is 25.0 Å². The molecule has 0 atom stereocenters. The lowest BCUT2D eigenvalue weighted by Crippen LogP contribution is -2.12. The van der Waals surface area contributed by atoms with Gasteiger partial charge in [0.25, 0.3) is 0 Å². The minimum Gasteiger partial charge on any atom is -0.504 e. The number of carbonyl (C=O) groups is 2. The molecule has 0 unspecified atom stereocenters. The molecule has 6 nitrogen and oxygen atoms in total. The first-order valence-electron chi connectivity index (χ1n) is 8.87. The molecule has 0 aliphatic carbocycles. The Morgan fingerprint density at radius 1 is 0.960 bits per heavy atom. The van der Waals surface area contributed by atoms with Crippen molar-refractivity contribution in [2.24, 2.45) is 0 Å². The van der Waals surface area contributed by atoms with E-state index in [1.165, 1.54) is 6.42 Å². The number of phenols is 3. The minimum absolute atomic E-state index is 0.114. The largest absolute Gasteiger partial charge is 0.504 e. The maximum absolute atomic E-state index is 12.5. The van der Waals surface area contributed by atoms with Crippen molar-refractivity contribution in [3.63, 3.8) is 0 Å². The molecule has 0 bridgehead atoms. The number of Topliss-reactive ketones (excluding diaryl/α,β-unsaturated/α-hetero) is 1. The molecule has 1 aromatic rings. The minimum atomic E-state index is -0.751. The van der Waals surface area contributed by atoms with Crippen LogP contribution in [-0.2, 0) is 16.0 Å². The van der Waals surface area contributed by atoms with Crippen LogP contribution in [-0.4, -0.2) is 33.7 Å². The summed E-state index contributed by atoms with van der Waals surface area (Å²) in [6.07, 6.45) is 6.02. The van der Waals surface area contributed by atoms with Crippen LogP contribution in [0.25, 0.3) is 0 Å². The summed E-state index contributed by atoms with van der Waals surface area (Å²) in [4.78, 5) is 24.2. The molecule has 0 heterocycles. The molecule has 140 valence electrons. The van der Waals surface area contributed by atoms with Crippen LogP contribution in [0, 0.1) is 0 Å². The molecule has 0 fully saturated rings. The SMILES string of the molecule is CCCCCCCCC(=O)c1c(CC(=O)OCC)cc(O)c(O)c1O. The fourth-order valence-electron chi connectivity index (χ4n) is 2.71. The van der Waals surface area contributed by atoms with Gasteiger partial charge in [0.2, 0.25) is 5.75 Å². The average Bonchev–Trinajstić information content (AvgIpc) is 2.56. The van der Waals surface area contributed by atoms with Gasteiger partial charge in [-0.25, -0.2) is 0 Å². The van der Waals surface area contributed by atoms with Crippen molar-refractivity contribution in [1.82, 2.24) is 0 Å². The van der Waals surface area contributed by atoms with Crippen LogP contribution in [0.15, 0.2) is 6.07 Å². The summed E-state index contributed by atoms with van der Waals surface area (Å²) in [7, 11) is 0. The Kier molecular flexibility index (Phi) is 8.81. The van der Waals surface area contributed by atoms with E-state index in [9.17, 15) is 24.9 Å². The summed E-state index contributed by atoms with van der Waals surface area (Å²) < 4.78 is 4.85. The Balaban J connectivity index is 2.86. The number of hydrogen-bond donors (Lipinski definition) is 3. The standard InChI is InChI=1S/C19H28O6/c1-3-5-6-7-8-9-10-14(20)17-13(12-16(22)25-4-2)11-15(21)18(23)19(17)24/h11,21,23-24H,3-10,12H2,1-2H3. The first-order valence-corrected chi connectivity index (χ1v) is 8.87. The molecule has 3 N–H and O–H groups in total. The molecule has 0 spiro atoms. The number of carbonyl (C=O) groups excluding carboxylic acids is 2. The maximum atomic E-state index is 12.5. The van der Waals surface area contributed by atoms with E-state index in [1.807, 2.05) is 0 Å². The number of unbranched alkanes of at least 4 members (excludes halogenated alkanes) is 5. The molecule has 1 rings (SSSR count). The lowest BCUT2D eigenvalue weighted by molar-refractivity contribution is -0.142. The topological polar surface area (TPSA) is 104 Å². The molecule has 0 aromatic heterocycles. The van der Waals surface area contributed by atoms with Crippen molar-refractivity contribution < 1.29 is 29.6 Å². The number of hydrogen-bond acceptors (Lipinski definition) is 6. The quantitative estimate of drug-likeness (QED) is 0.242. The number of ether oxygens (including phenoxy) is 1. The third kappa shape index (κ3) is 6.29. The monoisotopic (exact) mass is 352 g/mol. The summed E-state index contributed by atoms with van der Waals surface area (Å²) in [5.74, 6) is -2.94. The van der Waals surface area contributed by atoms with E-state index < -0.39 is 23.2 Å². The number of aromatic hydroxyl groups is 3. The zero-order chi connectivity index (χ0) is 18.8. The van der Waals surface area contributed by atoms with Gasteiger partial charge in [-0.1, -0.05) is 39.0 Å². The number of rotatable bonds is 11. The van der Waals surface area contributed by atoms with Crippen molar-refractivity contribution in [3.05, 3.63) is 17.2 Å². The molecule has 0 saturated heterocycles. The first-order chi connectivity index (χ1) is 11.9. The molecule has 0 saturated carbocycles. The van der Waals surface area contributed by atoms with Gasteiger partial charge in [0.1, 0.15) is 0 Å². The number of esters is 1. The smallest absolute Gasteiger partial charge is 0.310 e. The highest BCUT2D eigenvalue weighted by atomic mass is 16.5. The molecule has 6 heteroatoms. The van der Waals surface area contributed by atoms with Crippen LogP contribution in [0.4, 0.5) is 0 Å². The van der Waals surface area contributed by atoms with Crippen LogP contribution in [0.2, 0.25) is 0 Å². The summed E-state index contributed by atoms with van der Waals surface area (Å²) in [6, 6.07) is 1.13. The zero-order valence-electron chi connectivity index (χ0n) is 15.0. The molecular formula is C19H28O6. The Labute approximate surface area is 148 Å². The Morgan fingerprint density at radius 2 is 1.60 bits per heavy atom. The molecule has 25 heavy (non-hydrogen) atoms. The Bertz CT molecular complexity index is 594. The van der Waals surface area contributed by atoms with Crippen molar-refractivity contribution in [2.75, 3.05) is 6.61 Å². The highest BCUT2D eigenvalue weighted by Gasteiger charge is 2.23. The van der Waals surface area contributed by atoms with Crippen molar-refractivity contribution >= 4 is 11.8 Å². The van der Waals surface area contributed by atoms with Crippen molar-refractivity contribution in [2.45, 2.75) is 65.2 Å². The van der Waals surface area contributed by atoms with Crippen LogP contribution in [0.3, 0.4) is 0 Å². The van der Waals surface area contributed by atoms with Gasteiger partial charge in [0.15, 0.2) is 17.3 Å². The lowest BCUT2D eigenvalue weighted by atomic mass is 9.95. The van der Waals surface area contributed by atoms with E-state index in [0.29, 0.717) is 6.42 Å². The van der Waals surface area contributed by atoms with Crippen LogP contribution >= 0.6 is 0 Å². The number of ketones is 1. The zero-order valence-corrected chi connectivity index (χ0v) is 15.0. The van der Waals surface area contributed by atoms with Crippen LogP contribution < -0.4 is 0 Å². The van der Waals surface area contributed by atoms with Gasteiger partial charge < -0.3 is 20.1 Å². The number of benzene rings is 1. The summed E-state index contributed by atoms with van der Waals surface area (Å²) >= 11 is 0. The summed E-state index contributed by atoms with van der Waals surface area (Å²) in [5.41, 5.74) is 0.0409. The van der Waals surface area contributed by atoms with Crippen molar-refractivity contribution in [1.29, 1.82) is 0 Å². The highest BCUT2D eigenvalue weighted by Crippen LogP contribution is 2.40. The average molecular weight is 352 g/mol. The fraction of sp³-hybridized carbons (Fsp3) is 0.579. The fourth-order valence-corrected chi connectivity index (χ4v) is 2.71. The Hall–Kier alpha value is -2.24. The molecule has 0 aliphatic heterocycles. The molecule has 0 aliphatic rings. The van der Waals surface area contributed by atoms with E-state index in [1.54, 1.807) is 6.92 Å². The van der Waals surface area contributed by atoms with Gasteiger partial charge in [-0.15, -0.1) is 0 Å².